The zero-order valence-electron chi connectivity index (χ0n) is 9.62. The lowest BCUT2D eigenvalue weighted by atomic mass is 9.86. The van der Waals surface area contributed by atoms with Crippen molar-refractivity contribution >= 4 is 11.9 Å². The zero-order chi connectivity index (χ0) is 12.1. The van der Waals surface area contributed by atoms with Crippen LogP contribution < -0.4 is 5.73 Å². The van der Waals surface area contributed by atoms with Gasteiger partial charge in [-0.3, -0.25) is 9.59 Å². The number of carbonyl (C=O) groups is 2. The zero-order valence-corrected chi connectivity index (χ0v) is 9.62. The summed E-state index contributed by atoms with van der Waals surface area (Å²) in [6.07, 6.45) is 0.610. The maximum absolute atomic E-state index is 12.0. The van der Waals surface area contributed by atoms with E-state index in [1.165, 1.54) is 4.90 Å². The van der Waals surface area contributed by atoms with Crippen LogP contribution in [0.1, 0.15) is 27.2 Å². The first-order valence-electron chi connectivity index (χ1n) is 5.12. The highest BCUT2D eigenvalue weighted by molar-refractivity contribution is 5.85. The van der Waals surface area contributed by atoms with Crippen molar-refractivity contribution in [2.24, 2.45) is 11.1 Å². The minimum atomic E-state index is -0.999. The number of hydrogen-bond donors (Lipinski definition) is 2. The van der Waals surface area contributed by atoms with Gasteiger partial charge in [0.15, 0.2) is 0 Å². The first kappa shape index (κ1) is 13.9. The molecule has 0 aliphatic rings. The molecular weight excluding hydrogens is 196 g/mol. The van der Waals surface area contributed by atoms with E-state index >= 15 is 0 Å². The molecule has 0 aromatic rings. The minimum absolute atomic E-state index is 0.183. The number of carboxylic acid groups (broad SMARTS) is 1. The molecular formula is C10H20N2O3. The van der Waals surface area contributed by atoms with Crippen LogP contribution in [0.2, 0.25) is 0 Å². The molecule has 0 aromatic carbocycles. The second-order valence-electron chi connectivity index (χ2n) is 3.83. The Kier molecular flexibility index (Phi) is 5.28. The van der Waals surface area contributed by atoms with E-state index in [0.717, 1.165) is 0 Å². The Hall–Kier alpha value is -1.10. The molecule has 0 aliphatic carbocycles. The lowest BCUT2D eigenvalue weighted by Crippen LogP contribution is -2.47. The van der Waals surface area contributed by atoms with Gasteiger partial charge in [0.25, 0.3) is 0 Å². The van der Waals surface area contributed by atoms with Crippen molar-refractivity contribution in [3.05, 3.63) is 0 Å². The van der Waals surface area contributed by atoms with Crippen LogP contribution in [0.4, 0.5) is 0 Å². The number of aliphatic carboxylic acids is 1. The number of carboxylic acids is 1. The van der Waals surface area contributed by atoms with Crippen LogP contribution in [0, 0.1) is 5.41 Å². The lowest BCUT2D eigenvalue weighted by Gasteiger charge is -2.31. The van der Waals surface area contributed by atoms with Crippen LogP contribution in [0.25, 0.3) is 0 Å². The smallest absolute Gasteiger partial charge is 0.323 e. The Labute approximate surface area is 90.2 Å². The van der Waals surface area contributed by atoms with E-state index in [1.807, 2.05) is 6.92 Å². The van der Waals surface area contributed by atoms with Crippen molar-refractivity contribution < 1.29 is 14.7 Å². The molecule has 0 saturated heterocycles. The highest BCUT2D eigenvalue weighted by atomic mass is 16.4. The number of nitrogens with zero attached hydrogens (tertiary/aromatic N) is 1. The fourth-order valence-corrected chi connectivity index (χ4v) is 1.26. The molecule has 5 nitrogen and oxygen atoms in total. The molecule has 88 valence electrons. The predicted molar refractivity (Wildman–Crippen MR) is 57.3 cm³/mol. The summed E-state index contributed by atoms with van der Waals surface area (Å²) >= 11 is 0. The number of likely N-dealkylation sites (N-methyl/N-ethyl adjacent to an activating group) is 1. The van der Waals surface area contributed by atoms with E-state index in [1.54, 1.807) is 13.8 Å². The summed E-state index contributed by atoms with van der Waals surface area (Å²) in [4.78, 5) is 23.8. The van der Waals surface area contributed by atoms with Gasteiger partial charge in [-0.25, -0.2) is 0 Å². The van der Waals surface area contributed by atoms with Gasteiger partial charge in [-0.2, -0.15) is 0 Å². The molecule has 0 spiro atoms. The van der Waals surface area contributed by atoms with Crippen LogP contribution in [-0.4, -0.2) is 41.5 Å². The Bertz CT molecular complexity index is 237. The van der Waals surface area contributed by atoms with Crippen molar-refractivity contribution in [1.29, 1.82) is 0 Å². The van der Waals surface area contributed by atoms with Crippen molar-refractivity contribution in [2.75, 3.05) is 19.6 Å². The number of carbonyl (C=O) groups excluding carboxylic acids is 1. The van der Waals surface area contributed by atoms with Gasteiger partial charge in [0.1, 0.15) is 6.54 Å². The Morgan fingerprint density at radius 3 is 2.20 bits per heavy atom. The molecule has 1 unspecified atom stereocenters. The third-order valence-corrected chi connectivity index (χ3v) is 2.74. The lowest BCUT2D eigenvalue weighted by molar-refractivity contribution is -0.149. The largest absolute Gasteiger partial charge is 0.480 e. The molecule has 0 saturated carbocycles. The fraction of sp³-hybridized carbons (Fsp3) is 0.800. The number of amides is 1. The molecule has 15 heavy (non-hydrogen) atoms. The quantitative estimate of drug-likeness (QED) is 0.668. The summed E-state index contributed by atoms with van der Waals surface area (Å²) in [6.45, 7) is 5.76. The molecule has 0 heterocycles. The molecule has 0 aromatic heterocycles. The van der Waals surface area contributed by atoms with Crippen LogP contribution in [0.3, 0.4) is 0 Å². The summed E-state index contributed by atoms with van der Waals surface area (Å²) < 4.78 is 0. The molecule has 1 amide bonds. The molecule has 3 N–H and O–H groups in total. The van der Waals surface area contributed by atoms with Gasteiger partial charge in [-0.15, -0.1) is 0 Å². The van der Waals surface area contributed by atoms with E-state index in [2.05, 4.69) is 0 Å². The van der Waals surface area contributed by atoms with Gasteiger partial charge in [0.2, 0.25) is 5.91 Å². The van der Waals surface area contributed by atoms with Crippen LogP contribution in [0.5, 0.6) is 0 Å². The summed E-state index contributed by atoms with van der Waals surface area (Å²) in [5.41, 5.74) is 4.90. The average Bonchev–Trinajstić information content (AvgIpc) is 2.23. The number of hydrogen-bond acceptors (Lipinski definition) is 3. The molecule has 0 bridgehead atoms. The predicted octanol–water partition coefficient (Wildman–Crippen LogP) is 0.295. The van der Waals surface area contributed by atoms with Gasteiger partial charge >= 0.3 is 5.97 Å². The van der Waals surface area contributed by atoms with Crippen molar-refractivity contribution in [2.45, 2.75) is 27.2 Å². The molecule has 5 heteroatoms. The Balaban J connectivity index is 4.70. The highest BCUT2D eigenvalue weighted by Crippen LogP contribution is 2.22. The Morgan fingerprint density at radius 1 is 1.40 bits per heavy atom. The highest BCUT2D eigenvalue weighted by Gasteiger charge is 2.33. The second-order valence-corrected chi connectivity index (χ2v) is 3.83. The monoisotopic (exact) mass is 216 g/mol. The minimum Gasteiger partial charge on any atom is -0.480 e. The molecule has 1 atom stereocenters. The maximum Gasteiger partial charge on any atom is 0.323 e. The van der Waals surface area contributed by atoms with E-state index in [9.17, 15) is 9.59 Å². The average molecular weight is 216 g/mol. The maximum atomic E-state index is 12.0. The first-order valence-corrected chi connectivity index (χ1v) is 5.12. The van der Waals surface area contributed by atoms with Crippen LogP contribution in [0.15, 0.2) is 0 Å². The van der Waals surface area contributed by atoms with Crippen LogP contribution >= 0.6 is 0 Å². The van der Waals surface area contributed by atoms with E-state index in [4.69, 9.17) is 10.8 Å². The van der Waals surface area contributed by atoms with Gasteiger partial charge in [0.05, 0.1) is 5.41 Å². The second kappa shape index (κ2) is 5.70. The van der Waals surface area contributed by atoms with Crippen molar-refractivity contribution in [3.8, 4) is 0 Å². The normalized spacial score (nSPS) is 14.4. The molecule has 0 rings (SSSR count). The van der Waals surface area contributed by atoms with Gasteiger partial charge in [0, 0.05) is 13.1 Å². The summed E-state index contributed by atoms with van der Waals surface area (Å²) in [5.74, 6) is -1.18. The molecule has 0 aliphatic heterocycles. The summed E-state index contributed by atoms with van der Waals surface area (Å²) in [6, 6.07) is 0. The molecule has 0 fully saturated rings. The Morgan fingerprint density at radius 2 is 1.93 bits per heavy atom. The number of rotatable bonds is 6. The third kappa shape index (κ3) is 3.51. The van der Waals surface area contributed by atoms with Crippen LogP contribution in [-0.2, 0) is 9.59 Å². The van der Waals surface area contributed by atoms with Crippen molar-refractivity contribution in [3.63, 3.8) is 0 Å². The van der Waals surface area contributed by atoms with Crippen molar-refractivity contribution in [1.82, 2.24) is 4.90 Å². The standard InChI is InChI=1S/C10H20N2O3/c1-4-10(3,7-11)9(15)12(5-2)6-8(13)14/h4-7,11H2,1-3H3,(H,13,14). The van der Waals surface area contributed by atoms with Gasteiger partial charge in [-0.1, -0.05) is 6.92 Å². The first-order chi connectivity index (χ1) is 6.91. The van der Waals surface area contributed by atoms with E-state index < -0.39 is 11.4 Å². The third-order valence-electron chi connectivity index (χ3n) is 2.74. The SMILES string of the molecule is CCN(CC(=O)O)C(=O)C(C)(CC)CN. The van der Waals surface area contributed by atoms with E-state index in [0.29, 0.717) is 13.0 Å². The summed E-state index contributed by atoms with van der Waals surface area (Å²) in [5, 5.41) is 8.65. The van der Waals surface area contributed by atoms with E-state index in [-0.39, 0.29) is 19.0 Å². The van der Waals surface area contributed by atoms with Gasteiger partial charge in [-0.05, 0) is 20.3 Å². The number of nitrogens with two attached hydrogens (primary N) is 1. The topological polar surface area (TPSA) is 83.6 Å². The van der Waals surface area contributed by atoms with Gasteiger partial charge < -0.3 is 15.7 Å². The fourth-order valence-electron chi connectivity index (χ4n) is 1.26. The summed E-state index contributed by atoms with van der Waals surface area (Å²) in [7, 11) is 0. The molecule has 0 radical (unpaired) electrons.